The van der Waals surface area contributed by atoms with Gasteiger partial charge in [-0.1, -0.05) is 48.5 Å². The number of hydrogen-bond donors (Lipinski definition) is 0. The van der Waals surface area contributed by atoms with Gasteiger partial charge in [-0.05, 0) is 35.4 Å². The van der Waals surface area contributed by atoms with Crippen LogP contribution in [0.25, 0.3) is 44.2 Å². The van der Waals surface area contributed by atoms with E-state index in [0.717, 1.165) is 27.6 Å². The zero-order valence-corrected chi connectivity index (χ0v) is 16.0. The number of rotatable bonds is 3. The van der Waals surface area contributed by atoms with Crippen molar-refractivity contribution in [2.24, 2.45) is 0 Å². The third-order valence-electron chi connectivity index (χ3n) is 5.10. The van der Waals surface area contributed by atoms with Gasteiger partial charge in [0.1, 0.15) is 16.9 Å². The number of ether oxygens (including phenoxy) is 1. The zero-order valence-electron chi connectivity index (χ0n) is 16.0. The van der Waals surface area contributed by atoms with Crippen molar-refractivity contribution in [1.82, 2.24) is 0 Å². The molecule has 0 bridgehead atoms. The Labute approximate surface area is 170 Å². The minimum absolute atomic E-state index is 0.342. The highest BCUT2D eigenvalue weighted by molar-refractivity contribution is 6.01. The standard InChI is InChI=1S/C25H16O5/c1-28-17-11-9-15(10-12-17)20-14-23(26)30-24-18(20)6-4-7-19(24)21-13-16-5-2-3-8-22(16)29-25(21)27/h2-14H,1H3. The fourth-order valence-electron chi connectivity index (χ4n) is 3.66. The first-order chi connectivity index (χ1) is 14.6. The first-order valence-electron chi connectivity index (χ1n) is 9.38. The van der Waals surface area contributed by atoms with E-state index >= 15 is 0 Å². The fraction of sp³-hybridized carbons (Fsp3) is 0.0400. The van der Waals surface area contributed by atoms with Crippen LogP contribution >= 0.6 is 0 Å². The van der Waals surface area contributed by atoms with Crippen molar-refractivity contribution in [1.29, 1.82) is 0 Å². The van der Waals surface area contributed by atoms with E-state index in [0.29, 0.717) is 22.3 Å². The minimum Gasteiger partial charge on any atom is -0.497 e. The van der Waals surface area contributed by atoms with Crippen molar-refractivity contribution in [2.45, 2.75) is 0 Å². The van der Waals surface area contributed by atoms with Gasteiger partial charge in [-0.2, -0.15) is 0 Å². The minimum atomic E-state index is -0.494. The molecule has 0 N–H and O–H groups in total. The van der Waals surface area contributed by atoms with E-state index in [4.69, 9.17) is 13.6 Å². The first kappa shape index (κ1) is 17.9. The van der Waals surface area contributed by atoms with Gasteiger partial charge in [0.05, 0.1) is 12.7 Å². The number of benzene rings is 3. The quantitative estimate of drug-likeness (QED) is 0.390. The van der Waals surface area contributed by atoms with Gasteiger partial charge in [-0.25, -0.2) is 9.59 Å². The summed E-state index contributed by atoms with van der Waals surface area (Å²) in [6, 6.07) is 23.4. The number of fused-ring (bicyclic) bond motifs is 2. The Morgan fingerprint density at radius 2 is 1.53 bits per heavy atom. The van der Waals surface area contributed by atoms with Crippen LogP contribution in [0.3, 0.4) is 0 Å². The maximum absolute atomic E-state index is 12.7. The summed E-state index contributed by atoms with van der Waals surface area (Å²) >= 11 is 0. The summed E-state index contributed by atoms with van der Waals surface area (Å²) in [6.07, 6.45) is 0. The van der Waals surface area contributed by atoms with E-state index in [-0.39, 0.29) is 0 Å². The molecule has 5 heteroatoms. The van der Waals surface area contributed by atoms with E-state index < -0.39 is 11.3 Å². The van der Waals surface area contributed by atoms with E-state index in [1.54, 1.807) is 25.3 Å². The lowest BCUT2D eigenvalue weighted by atomic mass is 9.97. The molecule has 0 amide bonds. The molecule has 146 valence electrons. The molecule has 0 aliphatic heterocycles. The van der Waals surface area contributed by atoms with Crippen LogP contribution in [0.4, 0.5) is 0 Å². The normalized spacial score (nSPS) is 11.1. The Bertz CT molecular complexity index is 1510. The summed E-state index contributed by atoms with van der Waals surface area (Å²) in [7, 11) is 1.60. The number of methoxy groups -OCH3 is 1. The second kappa shape index (κ2) is 7.04. The third kappa shape index (κ3) is 2.97. The van der Waals surface area contributed by atoms with Crippen LogP contribution in [0.2, 0.25) is 0 Å². The number of hydrogen-bond acceptors (Lipinski definition) is 5. The van der Waals surface area contributed by atoms with Crippen molar-refractivity contribution >= 4 is 21.9 Å². The van der Waals surface area contributed by atoms with Gasteiger partial charge in [0.25, 0.3) is 0 Å². The van der Waals surface area contributed by atoms with Gasteiger partial charge in [-0.15, -0.1) is 0 Å². The Balaban J connectivity index is 1.79. The molecule has 0 saturated heterocycles. The molecule has 5 rings (SSSR count). The number of para-hydroxylation sites is 2. The average Bonchev–Trinajstić information content (AvgIpc) is 2.78. The van der Waals surface area contributed by atoms with Crippen LogP contribution in [0.1, 0.15) is 0 Å². The van der Waals surface area contributed by atoms with E-state index in [2.05, 4.69) is 0 Å². The lowest BCUT2D eigenvalue weighted by Crippen LogP contribution is -2.05. The topological polar surface area (TPSA) is 69.7 Å². The van der Waals surface area contributed by atoms with Crippen LogP contribution in [0.15, 0.2) is 97.3 Å². The van der Waals surface area contributed by atoms with Crippen molar-refractivity contribution in [3.63, 3.8) is 0 Å². The van der Waals surface area contributed by atoms with Crippen molar-refractivity contribution in [3.8, 4) is 28.0 Å². The van der Waals surface area contributed by atoms with Crippen LogP contribution in [-0.2, 0) is 0 Å². The van der Waals surface area contributed by atoms with Crippen LogP contribution in [0, 0.1) is 0 Å². The molecule has 0 atom stereocenters. The Hall–Kier alpha value is -4.12. The van der Waals surface area contributed by atoms with Crippen LogP contribution in [0.5, 0.6) is 5.75 Å². The SMILES string of the molecule is COc1ccc(-c2cc(=O)oc3c(-c4cc5ccccc5oc4=O)cccc23)cc1. The maximum Gasteiger partial charge on any atom is 0.344 e. The van der Waals surface area contributed by atoms with Crippen molar-refractivity contribution in [3.05, 3.63) is 99.7 Å². The van der Waals surface area contributed by atoms with Gasteiger partial charge in [0, 0.05) is 22.4 Å². The molecule has 0 fully saturated rings. The summed E-state index contributed by atoms with van der Waals surface area (Å²) in [5.74, 6) is 0.723. The smallest absolute Gasteiger partial charge is 0.344 e. The van der Waals surface area contributed by atoms with Gasteiger partial charge < -0.3 is 13.6 Å². The van der Waals surface area contributed by atoms with E-state index in [1.165, 1.54) is 6.07 Å². The highest BCUT2D eigenvalue weighted by Gasteiger charge is 2.16. The summed E-state index contributed by atoms with van der Waals surface area (Å²) in [4.78, 5) is 25.1. The lowest BCUT2D eigenvalue weighted by Gasteiger charge is -2.10. The molecule has 0 aliphatic rings. The van der Waals surface area contributed by atoms with Crippen LogP contribution < -0.4 is 16.0 Å². The summed E-state index contributed by atoms with van der Waals surface area (Å²) < 4.78 is 16.3. The molecule has 3 aromatic carbocycles. The summed E-state index contributed by atoms with van der Waals surface area (Å²) in [5.41, 5.74) is 2.29. The van der Waals surface area contributed by atoms with Gasteiger partial charge in [-0.3, -0.25) is 0 Å². The maximum atomic E-state index is 12.7. The second-order valence-electron chi connectivity index (χ2n) is 6.88. The molecule has 0 radical (unpaired) electrons. The van der Waals surface area contributed by atoms with E-state index in [1.807, 2.05) is 54.6 Å². The molecule has 0 saturated carbocycles. The molecule has 0 unspecified atom stereocenters. The average molecular weight is 396 g/mol. The Morgan fingerprint density at radius 3 is 2.33 bits per heavy atom. The van der Waals surface area contributed by atoms with Crippen molar-refractivity contribution in [2.75, 3.05) is 7.11 Å². The molecule has 2 heterocycles. The molecule has 5 nitrogen and oxygen atoms in total. The lowest BCUT2D eigenvalue weighted by molar-refractivity contribution is 0.415. The zero-order chi connectivity index (χ0) is 20.7. The third-order valence-corrected chi connectivity index (χ3v) is 5.10. The highest BCUT2D eigenvalue weighted by atomic mass is 16.5. The molecule has 30 heavy (non-hydrogen) atoms. The van der Waals surface area contributed by atoms with Crippen molar-refractivity contribution < 1.29 is 13.6 Å². The Kier molecular flexibility index (Phi) is 4.21. The molecular weight excluding hydrogens is 380 g/mol. The predicted octanol–water partition coefficient (Wildman–Crippen LogP) is 5.24. The predicted molar refractivity (Wildman–Crippen MR) is 116 cm³/mol. The fourth-order valence-corrected chi connectivity index (χ4v) is 3.66. The highest BCUT2D eigenvalue weighted by Crippen LogP contribution is 2.34. The van der Waals surface area contributed by atoms with Gasteiger partial charge in [0.15, 0.2) is 0 Å². The second-order valence-corrected chi connectivity index (χ2v) is 6.88. The monoisotopic (exact) mass is 396 g/mol. The molecule has 5 aromatic rings. The summed E-state index contributed by atoms with van der Waals surface area (Å²) in [5, 5.41) is 1.52. The Morgan fingerprint density at radius 1 is 0.733 bits per heavy atom. The molecular formula is C25H16O5. The van der Waals surface area contributed by atoms with Gasteiger partial charge in [0.2, 0.25) is 0 Å². The largest absolute Gasteiger partial charge is 0.497 e. The molecule has 0 aliphatic carbocycles. The molecule has 0 spiro atoms. The van der Waals surface area contributed by atoms with E-state index in [9.17, 15) is 9.59 Å². The van der Waals surface area contributed by atoms with Crippen LogP contribution in [-0.4, -0.2) is 7.11 Å². The van der Waals surface area contributed by atoms with Gasteiger partial charge >= 0.3 is 11.3 Å². The molecule has 2 aromatic heterocycles. The first-order valence-corrected chi connectivity index (χ1v) is 9.38. The summed E-state index contributed by atoms with van der Waals surface area (Å²) in [6.45, 7) is 0.